The van der Waals surface area contributed by atoms with E-state index in [1.165, 1.54) is 25.7 Å². The summed E-state index contributed by atoms with van der Waals surface area (Å²) in [5.74, 6) is 0.392. The molecule has 0 heterocycles. The molecule has 1 saturated carbocycles. The van der Waals surface area contributed by atoms with E-state index in [9.17, 15) is 4.79 Å². The van der Waals surface area contributed by atoms with Gasteiger partial charge < -0.3 is 10.8 Å². The lowest BCUT2D eigenvalue weighted by molar-refractivity contribution is -0.141. The number of nitrogens with two attached hydrogens (primary N) is 1. The van der Waals surface area contributed by atoms with E-state index in [1.54, 1.807) is 0 Å². The zero-order chi connectivity index (χ0) is 11.3. The van der Waals surface area contributed by atoms with Gasteiger partial charge in [-0.05, 0) is 18.3 Å². The van der Waals surface area contributed by atoms with Crippen LogP contribution in [0.25, 0.3) is 0 Å². The quantitative estimate of drug-likeness (QED) is 0.650. The van der Waals surface area contributed by atoms with Gasteiger partial charge in [-0.3, -0.25) is 4.79 Å². The SMILES string of the molecule is CC(CCCC1CC1)CC(CN)C(=O)O. The van der Waals surface area contributed by atoms with Crippen LogP contribution < -0.4 is 5.73 Å². The van der Waals surface area contributed by atoms with Crippen LogP contribution in [0.15, 0.2) is 0 Å². The number of aliphatic carboxylic acids is 1. The first-order valence-corrected chi connectivity index (χ1v) is 6.06. The van der Waals surface area contributed by atoms with E-state index >= 15 is 0 Å². The van der Waals surface area contributed by atoms with Crippen LogP contribution in [0, 0.1) is 17.8 Å². The van der Waals surface area contributed by atoms with Crippen molar-refractivity contribution in [2.45, 2.75) is 45.4 Å². The average Bonchev–Trinajstić information content (AvgIpc) is 2.97. The van der Waals surface area contributed by atoms with Crippen LogP contribution in [-0.2, 0) is 4.79 Å². The number of carboxylic acids is 1. The van der Waals surface area contributed by atoms with Crippen molar-refractivity contribution in [1.82, 2.24) is 0 Å². The Hall–Kier alpha value is -0.570. The molecule has 3 nitrogen and oxygen atoms in total. The van der Waals surface area contributed by atoms with Gasteiger partial charge in [-0.25, -0.2) is 0 Å². The Labute approximate surface area is 92.0 Å². The molecule has 0 bridgehead atoms. The van der Waals surface area contributed by atoms with Gasteiger partial charge in [-0.1, -0.05) is 39.0 Å². The normalized spacial score (nSPS) is 19.9. The minimum atomic E-state index is -0.744. The van der Waals surface area contributed by atoms with Crippen LogP contribution in [0.3, 0.4) is 0 Å². The van der Waals surface area contributed by atoms with Gasteiger partial charge in [-0.2, -0.15) is 0 Å². The highest BCUT2D eigenvalue weighted by molar-refractivity contribution is 5.70. The molecule has 88 valence electrons. The molecule has 0 aromatic heterocycles. The molecule has 1 aliphatic rings. The van der Waals surface area contributed by atoms with E-state index in [0.717, 1.165) is 18.8 Å². The molecular weight excluding hydrogens is 190 g/mol. The Balaban J connectivity index is 2.09. The standard InChI is InChI=1S/C12H23NO2/c1-9(3-2-4-10-5-6-10)7-11(8-13)12(14)15/h9-11H,2-8,13H2,1H3,(H,14,15). The zero-order valence-corrected chi connectivity index (χ0v) is 9.61. The Morgan fingerprint density at radius 2 is 2.20 bits per heavy atom. The van der Waals surface area contributed by atoms with E-state index in [1.807, 2.05) is 0 Å². The molecule has 1 aliphatic carbocycles. The van der Waals surface area contributed by atoms with Crippen LogP contribution in [-0.4, -0.2) is 17.6 Å². The number of hydrogen-bond acceptors (Lipinski definition) is 2. The molecule has 1 rings (SSSR count). The summed E-state index contributed by atoms with van der Waals surface area (Å²) in [4.78, 5) is 10.8. The largest absolute Gasteiger partial charge is 0.481 e. The fourth-order valence-corrected chi connectivity index (χ4v) is 2.06. The van der Waals surface area contributed by atoms with E-state index in [-0.39, 0.29) is 12.5 Å². The molecule has 2 unspecified atom stereocenters. The lowest BCUT2D eigenvalue weighted by Crippen LogP contribution is -2.25. The van der Waals surface area contributed by atoms with Crippen molar-refractivity contribution < 1.29 is 9.90 Å². The number of carboxylic acid groups (broad SMARTS) is 1. The monoisotopic (exact) mass is 213 g/mol. The molecule has 0 aromatic carbocycles. The number of rotatable bonds is 8. The van der Waals surface area contributed by atoms with Gasteiger partial charge in [0, 0.05) is 6.54 Å². The smallest absolute Gasteiger partial charge is 0.307 e. The molecule has 3 heteroatoms. The van der Waals surface area contributed by atoms with Crippen molar-refractivity contribution in [3.05, 3.63) is 0 Å². The van der Waals surface area contributed by atoms with Crippen LogP contribution in [0.5, 0.6) is 0 Å². The second-order valence-corrected chi connectivity index (χ2v) is 4.99. The second kappa shape index (κ2) is 6.11. The molecular formula is C12H23NO2. The molecule has 0 aromatic rings. The Morgan fingerprint density at radius 1 is 1.53 bits per heavy atom. The van der Waals surface area contributed by atoms with Crippen LogP contribution >= 0.6 is 0 Å². The summed E-state index contributed by atoms with van der Waals surface area (Å²) >= 11 is 0. The van der Waals surface area contributed by atoms with Gasteiger partial charge in [-0.15, -0.1) is 0 Å². The second-order valence-electron chi connectivity index (χ2n) is 4.99. The molecule has 2 atom stereocenters. The summed E-state index contributed by atoms with van der Waals surface area (Å²) in [6.07, 6.45) is 7.30. The van der Waals surface area contributed by atoms with Gasteiger partial charge in [0.25, 0.3) is 0 Å². The molecule has 1 fully saturated rings. The molecule has 15 heavy (non-hydrogen) atoms. The van der Waals surface area contributed by atoms with Crippen LogP contribution in [0.1, 0.15) is 45.4 Å². The maximum Gasteiger partial charge on any atom is 0.307 e. The lowest BCUT2D eigenvalue weighted by Gasteiger charge is -2.15. The van der Waals surface area contributed by atoms with Crippen molar-refractivity contribution in [1.29, 1.82) is 0 Å². The average molecular weight is 213 g/mol. The summed E-state index contributed by atoms with van der Waals surface area (Å²) < 4.78 is 0. The van der Waals surface area contributed by atoms with Crippen molar-refractivity contribution in [3.8, 4) is 0 Å². The third kappa shape index (κ3) is 5.17. The first-order valence-electron chi connectivity index (χ1n) is 6.06. The van der Waals surface area contributed by atoms with Crippen molar-refractivity contribution in [3.63, 3.8) is 0 Å². The number of carbonyl (C=O) groups is 1. The summed E-state index contributed by atoms with van der Waals surface area (Å²) in [6, 6.07) is 0. The van der Waals surface area contributed by atoms with E-state index in [4.69, 9.17) is 10.8 Å². The maximum absolute atomic E-state index is 10.8. The predicted octanol–water partition coefficient (Wildman–Crippen LogP) is 2.25. The third-order valence-electron chi connectivity index (χ3n) is 3.33. The molecule has 0 amide bonds. The highest BCUT2D eigenvalue weighted by Crippen LogP contribution is 2.34. The van der Waals surface area contributed by atoms with Crippen LogP contribution in [0.4, 0.5) is 0 Å². The minimum Gasteiger partial charge on any atom is -0.481 e. The Kier molecular flexibility index (Phi) is 5.09. The van der Waals surface area contributed by atoms with Gasteiger partial charge in [0.2, 0.25) is 0 Å². The van der Waals surface area contributed by atoms with Gasteiger partial charge in [0.05, 0.1) is 5.92 Å². The summed E-state index contributed by atoms with van der Waals surface area (Å²) in [5, 5.41) is 8.87. The topological polar surface area (TPSA) is 63.3 Å². The minimum absolute atomic E-state index is 0.266. The van der Waals surface area contributed by atoms with E-state index in [2.05, 4.69) is 6.92 Å². The molecule has 0 spiro atoms. The third-order valence-corrected chi connectivity index (χ3v) is 3.33. The fraction of sp³-hybridized carbons (Fsp3) is 0.917. The molecule has 0 aliphatic heterocycles. The summed E-state index contributed by atoms with van der Waals surface area (Å²) in [5.41, 5.74) is 5.43. The summed E-state index contributed by atoms with van der Waals surface area (Å²) in [7, 11) is 0. The van der Waals surface area contributed by atoms with E-state index in [0.29, 0.717) is 5.92 Å². The summed E-state index contributed by atoms with van der Waals surface area (Å²) in [6.45, 7) is 2.40. The Morgan fingerprint density at radius 3 is 2.67 bits per heavy atom. The molecule has 0 saturated heterocycles. The lowest BCUT2D eigenvalue weighted by atomic mass is 9.91. The fourth-order valence-electron chi connectivity index (χ4n) is 2.06. The Bertz CT molecular complexity index is 202. The van der Waals surface area contributed by atoms with E-state index < -0.39 is 5.97 Å². The van der Waals surface area contributed by atoms with Gasteiger partial charge in [0.15, 0.2) is 0 Å². The predicted molar refractivity (Wildman–Crippen MR) is 60.5 cm³/mol. The van der Waals surface area contributed by atoms with Crippen molar-refractivity contribution in [2.75, 3.05) is 6.54 Å². The first-order chi connectivity index (χ1) is 7.13. The van der Waals surface area contributed by atoms with Gasteiger partial charge >= 0.3 is 5.97 Å². The van der Waals surface area contributed by atoms with Gasteiger partial charge in [0.1, 0.15) is 0 Å². The highest BCUT2D eigenvalue weighted by atomic mass is 16.4. The first kappa shape index (κ1) is 12.5. The van der Waals surface area contributed by atoms with Crippen LogP contribution in [0.2, 0.25) is 0 Å². The van der Waals surface area contributed by atoms with Crippen molar-refractivity contribution in [2.24, 2.45) is 23.5 Å². The zero-order valence-electron chi connectivity index (χ0n) is 9.61. The molecule has 0 radical (unpaired) electrons. The highest BCUT2D eigenvalue weighted by Gasteiger charge is 2.22. The number of hydrogen-bond donors (Lipinski definition) is 2. The van der Waals surface area contributed by atoms with Crippen molar-refractivity contribution >= 4 is 5.97 Å². The maximum atomic E-state index is 10.8. The molecule has 3 N–H and O–H groups in total.